The molecule has 0 spiro atoms. The zero-order chi connectivity index (χ0) is 20.0. The number of nitrogens with zero attached hydrogens (tertiary/aromatic N) is 3. The monoisotopic (exact) mass is 399 g/mol. The Morgan fingerprint density at radius 1 is 1.00 bits per heavy atom. The van der Waals surface area contributed by atoms with Crippen molar-refractivity contribution < 1.29 is 4.79 Å². The molecule has 1 amide bonds. The number of hydrogen-bond donors (Lipinski definition) is 0. The van der Waals surface area contributed by atoms with Crippen LogP contribution in [0.15, 0.2) is 11.6 Å². The van der Waals surface area contributed by atoms with Crippen LogP contribution in [0.4, 0.5) is 0 Å². The summed E-state index contributed by atoms with van der Waals surface area (Å²) in [4.78, 5) is 20.3. The number of rotatable bonds is 4. The molecule has 0 unspecified atom stereocenters. The Morgan fingerprint density at radius 3 is 2.31 bits per heavy atom. The molecule has 4 nitrogen and oxygen atoms in total. The molecule has 162 valence electrons. The average Bonchev–Trinajstić information content (AvgIpc) is 3.29. The summed E-state index contributed by atoms with van der Waals surface area (Å²) in [6.45, 7) is 13.0. The predicted molar refractivity (Wildman–Crippen MR) is 118 cm³/mol. The topological polar surface area (TPSA) is 26.8 Å². The van der Waals surface area contributed by atoms with Gasteiger partial charge >= 0.3 is 0 Å². The summed E-state index contributed by atoms with van der Waals surface area (Å²) in [5, 5.41) is 0. The Balaban J connectivity index is 1.06. The van der Waals surface area contributed by atoms with Crippen molar-refractivity contribution in [2.45, 2.75) is 71.3 Å². The van der Waals surface area contributed by atoms with Gasteiger partial charge in [-0.05, 0) is 94.8 Å². The van der Waals surface area contributed by atoms with E-state index in [9.17, 15) is 4.79 Å². The van der Waals surface area contributed by atoms with E-state index < -0.39 is 0 Å². The summed E-state index contributed by atoms with van der Waals surface area (Å²) >= 11 is 0. The minimum absolute atomic E-state index is 0.303. The van der Waals surface area contributed by atoms with Crippen molar-refractivity contribution >= 4 is 5.91 Å². The lowest BCUT2D eigenvalue weighted by Gasteiger charge is -2.57. The third-order valence-electron chi connectivity index (χ3n) is 9.36. The number of amides is 1. The van der Waals surface area contributed by atoms with Gasteiger partial charge in [0.2, 0.25) is 5.91 Å². The number of piperidine rings is 2. The van der Waals surface area contributed by atoms with Gasteiger partial charge in [0.05, 0.1) is 0 Å². The molecular weight excluding hydrogens is 358 g/mol. The van der Waals surface area contributed by atoms with Gasteiger partial charge in [-0.1, -0.05) is 25.5 Å². The van der Waals surface area contributed by atoms with Crippen LogP contribution in [0.25, 0.3) is 0 Å². The Morgan fingerprint density at radius 2 is 1.69 bits per heavy atom. The fourth-order valence-electron chi connectivity index (χ4n) is 7.06. The van der Waals surface area contributed by atoms with Gasteiger partial charge in [0.15, 0.2) is 0 Å². The largest absolute Gasteiger partial charge is 0.342 e. The van der Waals surface area contributed by atoms with Gasteiger partial charge in [-0.25, -0.2) is 0 Å². The first-order valence-electron chi connectivity index (χ1n) is 12.5. The third kappa shape index (κ3) is 3.80. The molecule has 0 N–H and O–H groups in total. The molecule has 6 rings (SSSR count). The summed E-state index contributed by atoms with van der Waals surface area (Å²) in [5.41, 5.74) is 2.30. The highest BCUT2D eigenvalue weighted by Gasteiger charge is 2.51. The molecule has 0 aromatic heterocycles. The second kappa shape index (κ2) is 8.00. The summed E-state index contributed by atoms with van der Waals surface area (Å²) in [6, 6.07) is 0.749. The molecule has 3 saturated heterocycles. The summed E-state index contributed by atoms with van der Waals surface area (Å²) < 4.78 is 0. The predicted octanol–water partition coefficient (Wildman–Crippen LogP) is 3.78. The van der Waals surface area contributed by atoms with Crippen molar-refractivity contribution in [3.05, 3.63) is 11.6 Å². The van der Waals surface area contributed by atoms with E-state index in [2.05, 4.69) is 34.6 Å². The van der Waals surface area contributed by atoms with Crippen molar-refractivity contribution in [2.24, 2.45) is 23.2 Å². The molecule has 4 heteroatoms. The van der Waals surface area contributed by atoms with Crippen LogP contribution >= 0.6 is 0 Å². The lowest BCUT2D eigenvalue weighted by molar-refractivity contribution is -0.136. The number of hydrogen-bond acceptors (Lipinski definition) is 3. The molecule has 0 aromatic carbocycles. The van der Waals surface area contributed by atoms with E-state index in [-0.39, 0.29) is 0 Å². The Labute approximate surface area is 177 Å². The highest BCUT2D eigenvalue weighted by atomic mass is 16.2. The second-order valence-corrected chi connectivity index (χ2v) is 11.2. The van der Waals surface area contributed by atoms with Crippen LogP contribution in [0.3, 0.4) is 0 Å². The molecule has 29 heavy (non-hydrogen) atoms. The van der Waals surface area contributed by atoms with E-state index in [0.717, 1.165) is 56.9 Å². The van der Waals surface area contributed by atoms with E-state index >= 15 is 0 Å². The van der Waals surface area contributed by atoms with Crippen molar-refractivity contribution in [1.82, 2.24) is 14.7 Å². The van der Waals surface area contributed by atoms with E-state index in [1.807, 2.05) is 0 Å². The van der Waals surface area contributed by atoms with Gasteiger partial charge in [0.1, 0.15) is 0 Å². The molecule has 3 heterocycles. The highest BCUT2D eigenvalue weighted by molar-refractivity contribution is 5.79. The fraction of sp³-hybridized carbons (Fsp3) is 0.880. The SMILES string of the molecule is CC1(C)[C@H]2CC=C(CN3CCC(N4CCC(C(=O)N5CCCC5)CC4)CC3)[C@@H]1C2. The van der Waals surface area contributed by atoms with Crippen LogP contribution in [-0.2, 0) is 4.79 Å². The van der Waals surface area contributed by atoms with Gasteiger partial charge in [-0.3, -0.25) is 9.69 Å². The number of fused-ring (bicyclic) bond motifs is 1. The minimum Gasteiger partial charge on any atom is -0.342 e. The standard InChI is InChI=1S/C25H41N3O/c1-25(2)21-6-5-20(23(25)17-21)18-26-13-9-22(10-14-26)27-15-7-19(8-16-27)24(29)28-11-3-4-12-28/h5,19,21-23H,3-4,6-18H2,1-2H3/t21-,23-/m0/s1. The van der Waals surface area contributed by atoms with Gasteiger partial charge in [0.25, 0.3) is 0 Å². The van der Waals surface area contributed by atoms with Crippen LogP contribution in [0.2, 0.25) is 0 Å². The third-order valence-corrected chi connectivity index (χ3v) is 9.36. The number of carbonyl (C=O) groups excluding carboxylic acids is 1. The maximum Gasteiger partial charge on any atom is 0.225 e. The molecule has 4 fully saturated rings. The maximum atomic E-state index is 12.7. The van der Waals surface area contributed by atoms with Gasteiger partial charge in [-0.15, -0.1) is 0 Å². The van der Waals surface area contributed by atoms with Crippen molar-refractivity contribution in [1.29, 1.82) is 0 Å². The molecule has 6 aliphatic rings. The fourth-order valence-corrected chi connectivity index (χ4v) is 7.06. The van der Waals surface area contributed by atoms with Crippen LogP contribution < -0.4 is 0 Å². The Bertz CT molecular complexity index is 634. The Hall–Kier alpha value is -0.870. The van der Waals surface area contributed by atoms with E-state index in [1.165, 1.54) is 58.2 Å². The molecular formula is C25H41N3O. The summed E-state index contributed by atoms with van der Waals surface area (Å²) in [5.74, 6) is 2.56. The first kappa shape index (κ1) is 20.1. The first-order valence-corrected chi connectivity index (χ1v) is 12.5. The zero-order valence-corrected chi connectivity index (χ0v) is 18.7. The molecule has 1 saturated carbocycles. The quantitative estimate of drug-likeness (QED) is 0.673. The minimum atomic E-state index is 0.303. The van der Waals surface area contributed by atoms with Gasteiger partial charge < -0.3 is 9.80 Å². The lowest BCUT2D eigenvalue weighted by atomic mass is 9.49. The van der Waals surface area contributed by atoms with Crippen molar-refractivity contribution in [2.75, 3.05) is 45.8 Å². The summed E-state index contributed by atoms with van der Waals surface area (Å²) in [7, 11) is 0. The highest BCUT2D eigenvalue weighted by Crippen LogP contribution is 2.59. The van der Waals surface area contributed by atoms with Crippen LogP contribution in [0.5, 0.6) is 0 Å². The van der Waals surface area contributed by atoms with Crippen LogP contribution in [0, 0.1) is 23.2 Å². The van der Waals surface area contributed by atoms with Crippen LogP contribution in [-0.4, -0.2) is 72.5 Å². The van der Waals surface area contributed by atoms with E-state index in [1.54, 1.807) is 5.57 Å². The molecule has 2 bridgehead atoms. The van der Waals surface area contributed by atoms with Crippen molar-refractivity contribution in [3.63, 3.8) is 0 Å². The normalized spacial score (nSPS) is 34.1. The molecule has 3 aliphatic heterocycles. The second-order valence-electron chi connectivity index (χ2n) is 11.2. The lowest BCUT2D eigenvalue weighted by Crippen LogP contribution is -2.52. The summed E-state index contributed by atoms with van der Waals surface area (Å²) in [6.07, 6.45) is 12.6. The molecule has 0 radical (unpaired) electrons. The van der Waals surface area contributed by atoms with Gasteiger partial charge in [-0.2, -0.15) is 0 Å². The smallest absolute Gasteiger partial charge is 0.225 e. The van der Waals surface area contributed by atoms with E-state index in [0.29, 0.717) is 17.2 Å². The maximum absolute atomic E-state index is 12.7. The van der Waals surface area contributed by atoms with E-state index in [4.69, 9.17) is 0 Å². The average molecular weight is 400 g/mol. The molecule has 2 atom stereocenters. The molecule has 3 aliphatic carbocycles. The van der Waals surface area contributed by atoms with Gasteiger partial charge in [0, 0.05) is 31.6 Å². The number of likely N-dealkylation sites (tertiary alicyclic amines) is 3. The number of carbonyl (C=O) groups is 1. The zero-order valence-electron chi connectivity index (χ0n) is 18.7. The first-order chi connectivity index (χ1) is 14.0. The Kier molecular flexibility index (Phi) is 5.53. The number of allylic oxidation sites excluding steroid dienone is 1. The molecule has 0 aromatic rings. The van der Waals surface area contributed by atoms with Crippen molar-refractivity contribution in [3.8, 4) is 0 Å². The van der Waals surface area contributed by atoms with Crippen LogP contribution in [0.1, 0.15) is 65.2 Å².